The number of phosphoric ester groups is 1. The Morgan fingerprint density at radius 2 is 1.86 bits per heavy atom. The summed E-state index contributed by atoms with van der Waals surface area (Å²) in [6, 6.07) is 0. The summed E-state index contributed by atoms with van der Waals surface area (Å²) in [5, 5.41) is 0. The molecule has 0 amide bonds. The fourth-order valence-corrected chi connectivity index (χ4v) is 1.84. The molecule has 0 aromatic carbocycles. The molecule has 0 aromatic rings. The predicted molar refractivity (Wildman–Crippen MR) is 56.6 cm³/mol. The maximum Gasteiger partial charge on any atom is 0.472 e. The molecular formula is C8H18ClO4P. The third-order valence-electron chi connectivity index (χ3n) is 1.58. The van der Waals surface area contributed by atoms with Crippen molar-refractivity contribution in [1.82, 2.24) is 0 Å². The number of alkyl halides is 1. The third-order valence-corrected chi connectivity index (χ3v) is 2.76. The first kappa shape index (κ1) is 14.4. The second kappa shape index (κ2) is 8.69. The van der Waals surface area contributed by atoms with Crippen LogP contribution in [0.2, 0.25) is 0 Å². The van der Waals surface area contributed by atoms with Crippen LogP contribution in [0.1, 0.15) is 32.6 Å². The molecule has 0 radical (unpaired) electrons. The van der Waals surface area contributed by atoms with Crippen LogP contribution >= 0.6 is 19.4 Å². The third kappa shape index (κ3) is 8.97. The molecule has 0 rings (SSSR count). The van der Waals surface area contributed by atoms with Crippen LogP contribution in [0.15, 0.2) is 0 Å². The number of phosphoric acid groups is 1. The van der Waals surface area contributed by atoms with Crippen LogP contribution < -0.4 is 0 Å². The first-order chi connectivity index (χ1) is 6.62. The van der Waals surface area contributed by atoms with E-state index in [9.17, 15) is 4.57 Å². The lowest BCUT2D eigenvalue weighted by Crippen LogP contribution is -1.99. The highest BCUT2D eigenvalue weighted by Crippen LogP contribution is 2.43. The van der Waals surface area contributed by atoms with Crippen molar-refractivity contribution in [3.8, 4) is 0 Å². The molecule has 0 aliphatic carbocycles. The summed E-state index contributed by atoms with van der Waals surface area (Å²) in [5.41, 5.74) is 0. The molecule has 0 fully saturated rings. The molecule has 1 N–H and O–H groups in total. The van der Waals surface area contributed by atoms with Crippen LogP contribution in [0.3, 0.4) is 0 Å². The summed E-state index contributed by atoms with van der Waals surface area (Å²) in [6.07, 6.45) is 4.02. The average Bonchev–Trinajstić information content (AvgIpc) is 2.15. The highest BCUT2D eigenvalue weighted by atomic mass is 35.5. The van der Waals surface area contributed by atoms with E-state index in [2.05, 4.69) is 11.4 Å². The highest BCUT2D eigenvalue weighted by Gasteiger charge is 2.19. The molecule has 1 unspecified atom stereocenters. The summed E-state index contributed by atoms with van der Waals surface area (Å²) in [4.78, 5) is 9.05. The number of unbranched alkanes of at least 4 members (excludes halogenated alkanes) is 3. The molecule has 86 valence electrons. The van der Waals surface area contributed by atoms with Crippen molar-refractivity contribution in [2.24, 2.45) is 0 Å². The van der Waals surface area contributed by atoms with Crippen molar-refractivity contribution < 1.29 is 18.5 Å². The van der Waals surface area contributed by atoms with Gasteiger partial charge in [0.2, 0.25) is 0 Å². The first-order valence-corrected chi connectivity index (χ1v) is 6.83. The van der Waals surface area contributed by atoms with Crippen LogP contribution in [-0.4, -0.2) is 24.0 Å². The quantitative estimate of drug-likeness (QED) is 0.385. The maximum absolute atomic E-state index is 11.1. The minimum absolute atomic E-state index is 0.0320. The van der Waals surface area contributed by atoms with Gasteiger partial charge >= 0.3 is 7.82 Å². The number of hydrogen-bond acceptors (Lipinski definition) is 3. The number of rotatable bonds is 9. The lowest BCUT2D eigenvalue weighted by atomic mass is 10.2. The molecule has 0 spiro atoms. The second-order valence-corrected chi connectivity index (χ2v) is 4.72. The molecule has 6 heteroatoms. The summed E-state index contributed by atoms with van der Waals surface area (Å²) in [7, 11) is -3.84. The van der Waals surface area contributed by atoms with Gasteiger partial charge in [-0.25, -0.2) is 4.57 Å². The Morgan fingerprint density at radius 1 is 1.21 bits per heavy atom. The van der Waals surface area contributed by atoms with Gasteiger partial charge in [-0.1, -0.05) is 26.2 Å². The van der Waals surface area contributed by atoms with Crippen LogP contribution in [0.25, 0.3) is 0 Å². The largest absolute Gasteiger partial charge is 0.472 e. The standard InChI is InChI=1S/C8H18ClO4P/c1-2-3-4-5-7-12-14(10,11)13-8-6-9/h2-8H2,1H3,(H,10,11). The van der Waals surface area contributed by atoms with E-state index in [0.717, 1.165) is 25.7 Å². The van der Waals surface area contributed by atoms with E-state index in [1.807, 2.05) is 0 Å². The topological polar surface area (TPSA) is 55.8 Å². The lowest BCUT2D eigenvalue weighted by Gasteiger charge is -2.10. The molecule has 0 heterocycles. The first-order valence-electron chi connectivity index (χ1n) is 4.80. The second-order valence-electron chi connectivity index (χ2n) is 2.88. The van der Waals surface area contributed by atoms with Crippen molar-refractivity contribution in [3.63, 3.8) is 0 Å². The number of hydrogen-bond donors (Lipinski definition) is 1. The molecule has 1 atom stereocenters. The fourth-order valence-electron chi connectivity index (χ4n) is 0.896. The van der Waals surface area contributed by atoms with Crippen molar-refractivity contribution >= 4 is 19.4 Å². The Hall–Kier alpha value is 0.400. The van der Waals surface area contributed by atoms with Gasteiger partial charge in [-0.2, -0.15) is 0 Å². The van der Waals surface area contributed by atoms with Crippen LogP contribution in [0, 0.1) is 0 Å². The molecule has 0 saturated heterocycles. The van der Waals surface area contributed by atoms with Gasteiger partial charge in [0, 0.05) is 5.88 Å². The summed E-state index contributed by atoms with van der Waals surface area (Å²) >= 11 is 5.30. The van der Waals surface area contributed by atoms with Crippen molar-refractivity contribution in [1.29, 1.82) is 0 Å². The zero-order chi connectivity index (χ0) is 10.9. The van der Waals surface area contributed by atoms with Crippen molar-refractivity contribution in [2.45, 2.75) is 32.6 Å². The van der Waals surface area contributed by atoms with E-state index in [4.69, 9.17) is 21.0 Å². The van der Waals surface area contributed by atoms with Crippen LogP contribution in [-0.2, 0) is 13.6 Å². The van der Waals surface area contributed by atoms with Crippen LogP contribution in [0.5, 0.6) is 0 Å². The maximum atomic E-state index is 11.1. The Kier molecular flexibility index (Phi) is 8.94. The molecule has 0 aromatic heterocycles. The lowest BCUT2D eigenvalue weighted by molar-refractivity contribution is 0.153. The van der Waals surface area contributed by atoms with Gasteiger partial charge in [-0.15, -0.1) is 11.6 Å². The van der Waals surface area contributed by atoms with Gasteiger partial charge in [0.15, 0.2) is 0 Å². The van der Waals surface area contributed by atoms with Crippen molar-refractivity contribution in [2.75, 3.05) is 19.1 Å². The van der Waals surface area contributed by atoms with Gasteiger partial charge in [0.1, 0.15) is 0 Å². The predicted octanol–water partition coefficient (Wildman–Crippen LogP) is 2.94. The van der Waals surface area contributed by atoms with Gasteiger partial charge in [0.05, 0.1) is 13.2 Å². The highest BCUT2D eigenvalue weighted by molar-refractivity contribution is 7.47. The molecule has 4 nitrogen and oxygen atoms in total. The van der Waals surface area contributed by atoms with E-state index < -0.39 is 7.82 Å². The van der Waals surface area contributed by atoms with E-state index in [1.165, 1.54) is 0 Å². The Balaban J connectivity index is 3.40. The van der Waals surface area contributed by atoms with Gasteiger partial charge < -0.3 is 4.89 Å². The minimum Gasteiger partial charge on any atom is -0.302 e. The minimum atomic E-state index is -3.84. The fraction of sp³-hybridized carbons (Fsp3) is 1.00. The zero-order valence-corrected chi connectivity index (χ0v) is 10.1. The summed E-state index contributed by atoms with van der Waals surface area (Å²) in [6.45, 7) is 2.39. The monoisotopic (exact) mass is 244 g/mol. The SMILES string of the molecule is CCCCCCOP(=O)(O)OCCCl. The Labute approximate surface area is 90.2 Å². The van der Waals surface area contributed by atoms with E-state index in [-0.39, 0.29) is 19.1 Å². The normalized spacial score (nSPS) is 15.4. The van der Waals surface area contributed by atoms with E-state index in [1.54, 1.807) is 0 Å². The Morgan fingerprint density at radius 3 is 2.43 bits per heavy atom. The van der Waals surface area contributed by atoms with E-state index >= 15 is 0 Å². The van der Waals surface area contributed by atoms with Gasteiger partial charge in [-0.3, -0.25) is 9.05 Å². The molecule has 0 aliphatic heterocycles. The zero-order valence-electron chi connectivity index (χ0n) is 8.45. The molecule has 0 saturated carbocycles. The smallest absolute Gasteiger partial charge is 0.302 e. The number of halogens is 1. The summed E-state index contributed by atoms with van der Waals surface area (Å²) < 4.78 is 20.3. The molecule has 14 heavy (non-hydrogen) atoms. The van der Waals surface area contributed by atoms with Crippen molar-refractivity contribution in [3.05, 3.63) is 0 Å². The van der Waals surface area contributed by atoms with E-state index in [0.29, 0.717) is 0 Å². The van der Waals surface area contributed by atoms with Crippen LogP contribution in [0.4, 0.5) is 0 Å². The summed E-state index contributed by atoms with van der Waals surface area (Å²) in [5.74, 6) is 0.184. The molecule has 0 bridgehead atoms. The average molecular weight is 245 g/mol. The van der Waals surface area contributed by atoms with Gasteiger partial charge in [-0.05, 0) is 6.42 Å². The molecular weight excluding hydrogens is 227 g/mol. The van der Waals surface area contributed by atoms with Gasteiger partial charge in [0.25, 0.3) is 0 Å². The molecule has 0 aliphatic rings. The Bertz CT molecular complexity index is 177.